The zero-order chi connectivity index (χ0) is 15.0. The van der Waals surface area contributed by atoms with Crippen LogP contribution in [0.3, 0.4) is 0 Å². The fraction of sp³-hybridized carbons (Fsp3) is 0.611. The summed E-state index contributed by atoms with van der Waals surface area (Å²) < 4.78 is 0. The van der Waals surface area contributed by atoms with E-state index in [-0.39, 0.29) is 5.91 Å². The van der Waals surface area contributed by atoms with Crippen LogP contribution in [0.5, 0.6) is 0 Å². The second-order valence-electron chi connectivity index (χ2n) is 6.30. The van der Waals surface area contributed by atoms with Gasteiger partial charge in [-0.15, -0.1) is 0 Å². The maximum atomic E-state index is 11.9. The van der Waals surface area contributed by atoms with Crippen LogP contribution in [0.25, 0.3) is 0 Å². The molecule has 112 valence electrons. The molecule has 1 aromatic rings. The summed E-state index contributed by atoms with van der Waals surface area (Å²) in [4.78, 5) is 11.9. The summed E-state index contributed by atoms with van der Waals surface area (Å²) in [6.45, 7) is 9.72. The molecule has 0 aliphatic carbocycles. The molecular weight excluding hydrogens is 246 g/mol. The molecule has 2 heteroatoms. The van der Waals surface area contributed by atoms with Crippen LogP contribution in [0.15, 0.2) is 30.3 Å². The number of hydrogen-bond donors (Lipinski definition) is 1. The van der Waals surface area contributed by atoms with Gasteiger partial charge in [0.05, 0.1) is 0 Å². The Balaban J connectivity index is 2.23. The van der Waals surface area contributed by atoms with Gasteiger partial charge in [-0.2, -0.15) is 0 Å². The van der Waals surface area contributed by atoms with Gasteiger partial charge in [0.2, 0.25) is 5.91 Å². The quantitative estimate of drug-likeness (QED) is 0.762. The van der Waals surface area contributed by atoms with Crippen LogP contribution in [-0.4, -0.2) is 12.5 Å². The highest BCUT2D eigenvalue weighted by molar-refractivity contribution is 5.75. The molecular formula is C18H29NO. The average Bonchev–Trinajstić information content (AvgIpc) is 2.39. The molecule has 1 rings (SSSR count). The van der Waals surface area contributed by atoms with E-state index in [2.05, 4.69) is 45.1 Å². The summed E-state index contributed by atoms with van der Waals surface area (Å²) in [7, 11) is 0. The highest BCUT2D eigenvalue weighted by Crippen LogP contribution is 2.19. The van der Waals surface area contributed by atoms with Gasteiger partial charge in [-0.3, -0.25) is 4.79 Å². The lowest BCUT2D eigenvalue weighted by atomic mass is 9.85. The van der Waals surface area contributed by atoms with Crippen molar-refractivity contribution in [2.45, 2.75) is 47.0 Å². The fourth-order valence-corrected chi connectivity index (χ4v) is 2.66. The molecule has 0 aliphatic heterocycles. The van der Waals surface area contributed by atoms with E-state index >= 15 is 0 Å². The average molecular weight is 275 g/mol. The van der Waals surface area contributed by atoms with Gasteiger partial charge in [0.15, 0.2) is 0 Å². The summed E-state index contributed by atoms with van der Waals surface area (Å²) in [5.41, 5.74) is 1.31. The molecule has 2 nitrogen and oxygen atoms in total. The lowest BCUT2D eigenvalue weighted by Crippen LogP contribution is -2.33. The predicted octanol–water partition coefficient (Wildman–Crippen LogP) is 4.05. The Morgan fingerprint density at radius 1 is 1.05 bits per heavy atom. The van der Waals surface area contributed by atoms with Gasteiger partial charge in [0.25, 0.3) is 0 Å². The SMILES string of the molecule is CC(C)C(CNC(=O)CCCc1ccccc1)C(C)C. The van der Waals surface area contributed by atoms with E-state index in [9.17, 15) is 4.79 Å². The predicted molar refractivity (Wildman–Crippen MR) is 85.6 cm³/mol. The minimum Gasteiger partial charge on any atom is -0.356 e. The standard InChI is InChI=1S/C18H29NO/c1-14(2)17(15(3)4)13-19-18(20)12-8-11-16-9-6-5-7-10-16/h5-7,9-10,14-15,17H,8,11-13H2,1-4H3,(H,19,20). The molecule has 0 unspecified atom stereocenters. The first-order valence-corrected chi connectivity index (χ1v) is 7.81. The van der Waals surface area contributed by atoms with E-state index < -0.39 is 0 Å². The Morgan fingerprint density at radius 3 is 2.20 bits per heavy atom. The summed E-state index contributed by atoms with van der Waals surface area (Å²) in [6, 6.07) is 10.3. The molecule has 0 saturated heterocycles. The number of hydrogen-bond acceptors (Lipinski definition) is 1. The number of carbonyl (C=O) groups is 1. The van der Waals surface area contributed by atoms with Gasteiger partial charge in [-0.25, -0.2) is 0 Å². The van der Waals surface area contributed by atoms with Gasteiger partial charge in [0, 0.05) is 13.0 Å². The van der Waals surface area contributed by atoms with Crippen molar-refractivity contribution in [2.24, 2.45) is 17.8 Å². The molecule has 1 N–H and O–H groups in total. The Labute approximate surface area is 124 Å². The number of nitrogens with one attached hydrogen (secondary N) is 1. The zero-order valence-corrected chi connectivity index (χ0v) is 13.4. The van der Waals surface area contributed by atoms with Gasteiger partial charge < -0.3 is 5.32 Å². The number of amides is 1. The Kier molecular flexibility index (Phi) is 7.35. The summed E-state index contributed by atoms with van der Waals surface area (Å²) in [5.74, 6) is 1.97. The van der Waals surface area contributed by atoms with E-state index in [0.29, 0.717) is 24.2 Å². The largest absolute Gasteiger partial charge is 0.356 e. The number of carbonyl (C=O) groups excluding carboxylic acids is 1. The van der Waals surface area contributed by atoms with Crippen molar-refractivity contribution in [1.82, 2.24) is 5.32 Å². The first-order chi connectivity index (χ1) is 9.50. The Hall–Kier alpha value is -1.31. The monoisotopic (exact) mass is 275 g/mol. The number of rotatable bonds is 8. The molecule has 0 fully saturated rings. The minimum absolute atomic E-state index is 0.187. The molecule has 0 spiro atoms. The molecule has 20 heavy (non-hydrogen) atoms. The van der Waals surface area contributed by atoms with Crippen LogP contribution in [0.2, 0.25) is 0 Å². The van der Waals surface area contributed by atoms with Crippen molar-refractivity contribution >= 4 is 5.91 Å². The van der Waals surface area contributed by atoms with Crippen molar-refractivity contribution in [3.63, 3.8) is 0 Å². The molecule has 0 heterocycles. The first kappa shape index (κ1) is 16.7. The van der Waals surface area contributed by atoms with Crippen LogP contribution in [0.1, 0.15) is 46.1 Å². The van der Waals surface area contributed by atoms with E-state index in [1.54, 1.807) is 0 Å². The lowest BCUT2D eigenvalue weighted by Gasteiger charge is -2.25. The van der Waals surface area contributed by atoms with Crippen molar-refractivity contribution < 1.29 is 4.79 Å². The van der Waals surface area contributed by atoms with Crippen LogP contribution >= 0.6 is 0 Å². The van der Waals surface area contributed by atoms with E-state index in [4.69, 9.17) is 0 Å². The molecule has 0 saturated carbocycles. The molecule has 0 aromatic heterocycles. The van der Waals surface area contributed by atoms with Crippen molar-refractivity contribution in [3.8, 4) is 0 Å². The number of aryl methyl sites for hydroxylation is 1. The van der Waals surface area contributed by atoms with Crippen LogP contribution in [-0.2, 0) is 11.2 Å². The topological polar surface area (TPSA) is 29.1 Å². The highest BCUT2D eigenvalue weighted by Gasteiger charge is 2.17. The third-order valence-electron chi connectivity index (χ3n) is 3.96. The maximum Gasteiger partial charge on any atom is 0.220 e. The molecule has 0 radical (unpaired) electrons. The Morgan fingerprint density at radius 2 is 1.65 bits per heavy atom. The van der Waals surface area contributed by atoms with Crippen LogP contribution in [0, 0.1) is 17.8 Å². The fourth-order valence-electron chi connectivity index (χ4n) is 2.66. The molecule has 0 atom stereocenters. The van der Waals surface area contributed by atoms with Gasteiger partial charge in [0.1, 0.15) is 0 Å². The summed E-state index contributed by atoms with van der Waals surface area (Å²) in [6.07, 6.45) is 2.52. The maximum absolute atomic E-state index is 11.9. The number of benzene rings is 1. The van der Waals surface area contributed by atoms with Crippen LogP contribution in [0.4, 0.5) is 0 Å². The second-order valence-corrected chi connectivity index (χ2v) is 6.30. The third kappa shape index (κ3) is 6.23. The minimum atomic E-state index is 0.187. The van der Waals surface area contributed by atoms with Gasteiger partial charge >= 0.3 is 0 Å². The van der Waals surface area contributed by atoms with Crippen molar-refractivity contribution in [2.75, 3.05) is 6.54 Å². The third-order valence-corrected chi connectivity index (χ3v) is 3.96. The highest BCUT2D eigenvalue weighted by atomic mass is 16.1. The molecule has 0 bridgehead atoms. The normalized spacial score (nSPS) is 11.3. The van der Waals surface area contributed by atoms with Gasteiger partial charge in [-0.05, 0) is 36.2 Å². The van der Waals surface area contributed by atoms with Crippen LogP contribution < -0.4 is 5.32 Å². The van der Waals surface area contributed by atoms with Crippen molar-refractivity contribution in [3.05, 3.63) is 35.9 Å². The van der Waals surface area contributed by atoms with Crippen molar-refractivity contribution in [1.29, 1.82) is 0 Å². The smallest absolute Gasteiger partial charge is 0.220 e. The van der Waals surface area contributed by atoms with Gasteiger partial charge in [-0.1, -0.05) is 58.0 Å². The van der Waals surface area contributed by atoms with E-state index in [0.717, 1.165) is 19.4 Å². The van der Waals surface area contributed by atoms with E-state index in [1.165, 1.54) is 5.56 Å². The molecule has 1 aromatic carbocycles. The first-order valence-electron chi connectivity index (χ1n) is 7.81. The molecule has 1 amide bonds. The molecule has 0 aliphatic rings. The summed E-state index contributed by atoms with van der Waals surface area (Å²) >= 11 is 0. The summed E-state index contributed by atoms with van der Waals surface area (Å²) in [5, 5.41) is 3.09. The second kappa shape index (κ2) is 8.78. The lowest BCUT2D eigenvalue weighted by molar-refractivity contribution is -0.121. The zero-order valence-electron chi connectivity index (χ0n) is 13.4. The Bertz CT molecular complexity index is 376. The van der Waals surface area contributed by atoms with E-state index in [1.807, 2.05) is 18.2 Å².